The Hall–Kier alpha value is -1.30. The van der Waals surface area contributed by atoms with Crippen LogP contribution in [-0.4, -0.2) is 21.1 Å². The summed E-state index contributed by atoms with van der Waals surface area (Å²) in [6.45, 7) is 4.02. The van der Waals surface area contributed by atoms with Gasteiger partial charge in [0, 0.05) is 23.9 Å². The molecule has 1 heterocycles. The van der Waals surface area contributed by atoms with Crippen molar-refractivity contribution in [1.82, 2.24) is 9.55 Å². The number of anilines is 1. The predicted molar refractivity (Wildman–Crippen MR) is 71.8 cm³/mol. The Morgan fingerprint density at radius 2 is 2.17 bits per heavy atom. The molecule has 2 aromatic rings. The maximum Gasteiger partial charge on any atom is 0.201 e. The van der Waals surface area contributed by atoms with Crippen molar-refractivity contribution in [3.63, 3.8) is 0 Å². The van der Waals surface area contributed by atoms with E-state index in [1.54, 1.807) is 16.3 Å². The number of hydrogen-bond donors (Lipinski definition) is 1. The molecule has 1 aromatic carbocycles. The second kappa shape index (κ2) is 5.14. The van der Waals surface area contributed by atoms with Gasteiger partial charge in [0.1, 0.15) is 11.3 Å². The minimum absolute atomic E-state index is 0.0427. The maximum atomic E-state index is 13.6. The fourth-order valence-corrected chi connectivity index (χ4v) is 2.69. The van der Waals surface area contributed by atoms with Crippen LogP contribution in [0.4, 0.5) is 14.7 Å². The summed E-state index contributed by atoms with van der Waals surface area (Å²) in [6.07, 6.45) is 0. The lowest BCUT2D eigenvalue weighted by Gasteiger charge is -2.15. The number of hydrogen-bond acceptors (Lipinski definition) is 3. The van der Waals surface area contributed by atoms with Crippen molar-refractivity contribution >= 4 is 28.7 Å². The number of thioether (sulfide) groups is 1. The molecule has 6 heteroatoms. The molecule has 0 radical (unpaired) electrons. The highest BCUT2D eigenvalue weighted by atomic mass is 32.2. The minimum Gasteiger partial charge on any atom is -0.369 e. The molecule has 1 atom stereocenters. The molecule has 0 bridgehead atoms. The number of nitrogens with two attached hydrogens (primary N) is 1. The molecule has 0 spiro atoms. The van der Waals surface area contributed by atoms with Gasteiger partial charge >= 0.3 is 0 Å². The van der Waals surface area contributed by atoms with Crippen LogP contribution in [0.3, 0.4) is 0 Å². The van der Waals surface area contributed by atoms with E-state index in [9.17, 15) is 8.78 Å². The van der Waals surface area contributed by atoms with Crippen LogP contribution in [0.2, 0.25) is 0 Å². The number of nitrogen functional groups attached to an aromatic ring is 1. The van der Waals surface area contributed by atoms with Gasteiger partial charge in [-0.05, 0) is 12.7 Å². The van der Waals surface area contributed by atoms with E-state index in [-0.39, 0.29) is 17.5 Å². The summed E-state index contributed by atoms with van der Waals surface area (Å²) in [5.74, 6) is 0.741. The normalized spacial score (nSPS) is 13.1. The third-order valence-corrected chi connectivity index (χ3v) is 3.87. The van der Waals surface area contributed by atoms with E-state index in [0.29, 0.717) is 5.52 Å². The average Bonchev–Trinajstić information content (AvgIpc) is 2.63. The van der Waals surface area contributed by atoms with E-state index in [4.69, 9.17) is 5.73 Å². The van der Waals surface area contributed by atoms with Gasteiger partial charge in [-0.15, -0.1) is 0 Å². The second-order valence-corrected chi connectivity index (χ2v) is 5.42. The first-order valence-corrected chi connectivity index (χ1v) is 6.90. The standard InChI is InChI=1S/C12H15F2N3S/c1-3-18-6-7(2)17-10-5-8(13)4-9(14)11(10)16-12(17)15/h4-5,7H,3,6H2,1-2H3,(H2,15,16). The zero-order valence-electron chi connectivity index (χ0n) is 10.3. The fraction of sp³-hybridized carbons (Fsp3) is 0.417. The number of imidazole rings is 1. The lowest BCUT2D eigenvalue weighted by molar-refractivity contribution is 0.587. The van der Waals surface area contributed by atoms with Gasteiger partial charge in [0.25, 0.3) is 0 Å². The van der Waals surface area contributed by atoms with E-state index < -0.39 is 11.6 Å². The third kappa shape index (κ3) is 2.29. The molecule has 0 amide bonds. The number of aromatic nitrogens is 2. The SMILES string of the molecule is CCSCC(C)n1c(N)nc2c(F)cc(F)cc21. The summed E-state index contributed by atoms with van der Waals surface area (Å²) < 4.78 is 28.5. The monoisotopic (exact) mass is 271 g/mol. The van der Waals surface area contributed by atoms with E-state index >= 15 is 0 Å². The molecule has 3 nitrogen and oxygen atoms in total. The van der Waals surface area contributed by atoms with Crippen LogP contribution < -0.4 is 5.73 Å². The summed E-state index contributed by atoms with van der Waals surface area (Å²) in [4.78, 5) is 3.97. The van der Waals surface area contributed by atoms with Crippen LogP contribution in [0.5, 0.6) is 0 Å². The van der Waals surface area contributed by atoms with Gasteiger partial charge in [-0.2, -0.15) is 11.8 Å². The van der Waals surface area contributed by atoms with Crippen molar-refractivity contribution in [2.24, 2.45) is 0 Å². The average molecular weight is 271 g/mol. The summed E-state index contributed by atoms with van der Waals surface area (Å²) in [7, 11) is 0. The van der Waals surface area contributed by atoms with Crippen LogP contribution in [0.15, 0.2) is 12.1 Å². The van der Waals surface area contributed by atoms with Gasteiger partial charge in [-0.3, -0.25) is 0 Å². The summed E-state index contributed by atoms with van der Waals surface area (Å²) in [5, 5.41) is 0. The predicted octanol–water partition coefficient (Wildman–Crippen LogP) is 3.21. The van der Waals surface area contributed by atoms with E-state index in [0.717, 1.165) is 17.6 Å². The molecule has 0 aliphatic heterocycles. The van der Waals surface area contributed by atoms with Crippen molar-refractivity contribution in [2.75, 3.05) is 17.2 Å². The summed E-state index contributed by atoms with van der Waals surface area (Å²) >= 11 is 1.75. The zero-order valence-corrected chi connectivity index (χ0v) is 11.1. The first-order valence-electron chi connectivity index (χ1n) is 5.74. The van der Waals surface area contributed by atoms with Gasteiger partial charge in [-0.25, -0.2) is 13.8 Å². The molecule has 1 aromatic heterocycles. The third-order valence-electron chi connectivity index (χ3n) is 2.74. The van der Waals surface area contributed by atoms with Crippen LogP contribution >= 0.6 is 11.8 Å². The van der Waals surface area contributed by atoms with E-state index in [1.165, 1.54) is 6.07 Å². The lowest BCUT2D eigenvalue weighted by atomic mass is 10.2. The van der Waals surface area contributed by atoms with Gasteiger partial charge in [0.05, 0.1) is 5.52 Å². The molecule has 0 saturated heterocycles. The Morgan fingerprint density at radius 3 is 2.83 bits per heavy atom. The van der Waals surface area contributed by atoms with Crippen molar-refractivity contribution in [1.29, 1.82) is 0 Å². The quantitative estimate of drug-likeness (QED) is 0.928. The molecular formula is C12H15F2N3S. The van der Waals surface area contributed by atoms with Crippen LogP contribution in [0, 0.1) is 11.6 Å². The largest absolute Gasteiger partial charge is 0.369 e. The molecule has 98 valence electrons. The van der Waals surface area contributed by atoms with Crippen molar-refractivity contribution < 1.29 is 8.78 Å². The molecule has 0 saturated carbocycles. The van der Waals surface area contributed by atoms with Gasteiger partial charge < -0.3 is 10.3 Å². The Kier molecular flexibility index (Phi) is 3.75. The number of benzene rings is 1. The first kappa shape index (κ1) is 13.1. The molecule has 18 heavy (non-hydrogen) atoms. The smallest absolute Gasteiger partial charge is 0.201 e. The molecule has 0 fully saturated rings. The number of rotatable bonds is 4. The van der Waals surface area contributed by atoms with Gasteiger partial charge in [0.15, 0.2) is 5.82 Å². The number of fused-ring (bicyclic) bond motifs is 1. The Morgan fingerprint density at radius 1 is 1.44 bits per heavy atom. The van der Waals surface area contributed by atoms with Gasteiger partial charge in [0.2, 0.25) is 5.95 Å². The van der Waals surface area contributed by atoms with Crippen molar-refractivity contribution in [3.8, 4) is 0 Å². The molecule has 1 unspecified atom stereocenters. The molecule has 0 aliphatic carbocycles. The fourth-order valence-electron chi connectivity index (χ4n) is 1.96. The van der Waals surface area contributed by atoms with Crippen molar-refractivity contribution in [3.05, 3.63) is 23.8 Å². The highest BCUT2D eigenvalue weighted by Crippen LogP contribution is 2.27. The Balaban J connectivity index is 2.52. The lowest BCUT2D eigenvalue weighted by Crippen LogP contribution is -2.11. The number of nitrogens with zero attached hydrogens (tertiary/aromatic N) is 2. The molecule has 2 N–H and O–H groups in total. The highest BCUT2D eigenvalue weighted by Gasteiger charge is 2.17. The van der Waals surface area contributed by atoms with Crippen LogP contribution in [0.25, 0.3) is 11.0 Å². The Bertz CT molecular complexity index is 568. The summed E-state index contributed by atoms with van der Waals surface area (Å²) in [5.41, 5.74) is 6.34. The molecule has 2 rings (SSSR count). The zero-order chi connectivity index (χ0) is 13.3. The van der Waals surface area contributed by atoms with Crippen LogP contribution in [0.1, 0.15) is 19.9 Å². The Labute approximate surface area is 108 Å². The summed E-state index contributed by atoms with van der Waals surface area (Å²) in [6, 6.07) is 2.14. The number of halogens is 2. The maximum absolute atomic E-state index is 13.6. The van der Waals surface area contributed by atoms with E-state index in [1.807, 2.05) is 6.92 Å². The van der Waals surface area contributed by atoms with E-state index in [2.05, 4.69) is 11.9 Å². The molecule has 0 aliphatic rings. The topological polar surface area (TPSA) is 43.8 Å². The highest BCUT2D eigenvalue weighted by molar-refractivity contribution is 7.99. The first-order chi connectivity index (χ1) is 8.54. The minimum atomic E-state index is -0.675. The van der Waals surface area contributed by atoms with Gasteiger partial charge in [-0.1, -0.05) is 6.92 Å². The second-order valence-electron chi connectivity index (χ2n) is 4.10. The molecular weight excluding hydrogens is 256 g/mol. The van der Waals surface area contributed by atoms with Crippen LogP contribution in [-0.2, 0) is 0 Å². The van der Waals surface area contributed by atoms with Crippen molar-refractivity contribution in [2.45, 2.75) is 19.9 Å².